The van der Waals surface area contributed by atoms with Gasteiger partial charge >= 0.3 is 0 Å². The maximum Gasteiger partial charge on any atom is 0.132 e. The third-order valence-electron chi connectivity index (χ3n) is 2.54. The van der Waals surface area contributed by atoms with Crippen molar-refractivity contribution in [3.63, 3.8) is 0 Å². The molecule has 0 aliphatic rings. The third kappa shape index (κ3) is 3.89. The van der Waals surface area contributed by atoms with Crippen LogP contribution in [0.5, 0.6) is 0 Å². The summed E-state index contributed by atoms with van der Waals surface area (Å²) in [6.07, 6.45) is 2.72. The zero-order valence-electron chi connectivity index (χ0n) is 11.5. The molecule has 2 aromatic rings. The number of aromatic nitrogens is 3. The predicted molar refractivity (Wildman–Crippen MR) is 79.8 cm³/mol. The fourth-order valence-corrected chi connectivity index (χ4v) is 2.39. The summed E-state index contributed by atoms with van der Waals surface area (Å²) >= 11 is 1.70. The van der Waals surface area contributed by atoms with Gasteiger partial charge in [-0.3, -0.25) is 0 Å². The van der Waals surface area contributed by atoms with E-state index in [1.54, 1.807) is 11.3 Å². The average molecular weight is 277 g/mol. The van der Waals surface area contributed by atoms with Crippen molar-refractivity contribution >= 4 is 23.0 Å². The maximum absolute atomic E-state index is 4.47. The van der Waals surface area contributed by atoms with Crippen LogP contribution in [-0.2, 0) is 13.0 Å². The van der Waals surface area contributed by atoms with Crippen LogP contribution in [0.15, 0.2) is 12.3 Å². The molecular weight excluding hydrogens is 258 g/mol. The van der Waals surface area contributed by atoms with Gasteiger partial charge in [0.2, 0.25) is 0 Å². The lowest BCUT2D eigenvalue weighted by molar-refractivity contribution is 0.928. The second-order valence-electron chi connectivity index (χ2n) is 4.16. The van der Waals surface area contributed by atoms with E-state index >= 15 is 0 Å². The Kier molecular flexibility index (Phi) is 4.68. The fraction of sp³-hybridized carbons (Fsp3) is 0.462. The Morgan fingerprint density at radius 3 is 2.47 bits per heavy atom. The van der Waals surface area contributed by atoms with Gasteiger partial charge in [-0.15, -0.1) is 11.3 Å². The number of hydrogen-bond donors (Lipinski definition) is 2. The van der Waals surface area contributed by atoms with Crippen LogP contribution in [0.3, 0.4) is 0 Å². The van der Waals surface area contributed by atoms with Crippen LogP contribution < -0.4 is 10.6 Å². The lowest BCUT2D eigenvalue weighted by Gasteiger charge is -2.09. The van der Waals surface area contributed by atoms with E-state index in [1.807, 2.05) is 12.3 Å². The Balaban J connectivity index is 2.08. The summed E-state index contributed by atoms with van der Waals surface area (Å²) in [5, 5.41) is 7.59. The van der Waals surface area contributed by atoms with E-state index in [9.17, 15) is 0 Å². The van der Waals surface area contributed by atoms with E-state index in [0.29, 0.717) is 6.54 Å². The molecule has 0 aromatic carbocycles. The molecule has 0 amide bonds. The van der Waals surface area contributed by atoms with Crippen LogP contribution in [0.2, 0.25) is 0 Å². The fourth-order valence-electron chi connectivity index (χ4n) is 1.67. The summed E-state index contributed by atoms with van der Waals surface area (Å²) in [6, 6.07) is 1.93. The summed E-state index contributed by atoms with van der Waals surface area (Å²) in [6.45, 7) is 7.72. The minimum absolute atomic E-state index is 0.699. The lowest BCUT2D eigenvalue weighted by Crippen LogP contribution is -2.07. The first-order chi connectivity index (χ1) is 9.21. The summed E-state index contributed by atoms with van der Waals surface area (Å²) in [5.74, 6) is 2.55. The zero-order chi connectivity index (χ0) is 13.7. The second kappa shape index (κ2) is 6.47. The summed E-state index contributed by atoms with van der Waals surface area (Å²) in [5.41, 5.74) is 0. The highest BCUT2D eigenvalue weighted by Crippen LogP contribution is 2.15. The second-order valence-corrected chi connectivity index (χ2v) is 5.48. The molecule has 2 N–H and O–H groups in total. The lowest BCUT2D eigenvalue weighted by atomic mass is 10.4. The molecule has 2 heterocycles. The van der Waals surface area contributed by atoms with Gasteiger partial charge in [-0.25, -0.2) is 15.0 Å². The molecule has 2 aromatic heterocycles. The monoisotopic (exact) mass is 277 g/mol. The predicted octanol–water partition coefficient (Wildman–Crippen LogP) is 2.85. The average Bonchev–Trinajstić information content (AvgIpc) is 2.82. The standard InChI is InChI=1S/C13H19N5S/c1-4-10-17-11(14-5-2)6-12(18-10)15-8-13-16-7-9(3)19-13/h6-7H,4-5,8H2,1-3H3,(H2,14,15,17,18). The Bertz CT molecular complexity index is 538. The first-order valence-electron chi connectivity index (χ1n) is 6.48. The molecule has 2 rings (SSSR count). The smallest absolute Gasteiger partial charge is 0.132 e. The van der Waals surface area contributed by atoms with Crippen LogP contribution >= 0.6 is 11.3 Å². The first-order valence-corrected chi connectivity index (χ1v) is 7.30. The van der Waals surface area contributed by atoms with Crippen LogP contribution in [0.1, 0.15) is 29.6 Å². The molecule has 102 valence electrons. The number of nitrogens with one attached hydrogen (secondary N) is 2. The molecule has 0 radical (unpaired) electrons. The highest BCUT2D eigenvalue weighted by molar-refractivity contribution is 7.11. The third-order valence-corrected chi connectivity index (χ3v) is 3.45. The van der Waals surface area contributed by atoms with E-state index in [0.717, 1.165) is 35.4 Å². The van der Waals surface area contributed by atoms with Gasteiger partial charge in [-0.2, -0.15) is 0 Å². The van der Waals surface area contributed by atoms with Crippen molar-refractivity contribution in [2.75, 3.05) is 17.2 Å². The molecule has 0 fully saturated rings. The summed E-state index contributed by atoms with van der Waals surface area (Å²) in [7, 11) is 0. The van der Waals surface area contributed by atoms with Gasteiger partial charge in [0.05, 0.1) is 6.54 Å². The van der Waals surface area contributed by atoms with Crippen molar-refractivity contribution in [2.24, 2.45) is 0 Å². The van der Waals surface area contributed by atoms with Gasteiger partial charge in [-0.05, 0) is 13.8 Å². The Morgan fingerprint density at radius 2 is 1.89 bits per heavy atom. The molecule has 0 aliphatic heterocycles. The minimum atomic E-state index is 0.699. The molecule has 5 nitrogen and oxygen atoms in total. The van der Waals surface area contributed by atoms with Crippen molar-refractivity contribution in [3.8, 4) is 0 Å². The molecule has 0 unspecified atom stereocenters. The van der Waals surface area contributed by atoms with Crippen molar-refractivity contribution in [1.82, 2.24) is 15.0 Å². The number of anilines is 2. The zero-order valence-corrected chi connectivity index (χ0v) is 12.3. The quantitative estimate of drug-likeness (QED) is 0.850. The van der Waals surface area contributed by atoms with Gasteiger partial charge in [0.15, 0.2) is 0 Å². The van der Waals surface area contributed by atoms with Crippen molar-refractivity contribution in [3.05, 3.63) is 28.0 Å². The highest BCUT2D eigenvalue weighted by atomic mass is 32.1. The van der Waals surface area contributed by atoms with Crippen molar-refractivity contribution in [1.29, 1.82) is 0 Å². The Labute approximate surface area is 117 Å². The van der Waals surface area contributed by atoms with Gasteiger partial charge in [0.25, 0.3) is 0 Å². The molecule has 0 saturated heterocycles. The molecule has 0 spiro atoms. The van der Waals surface area contributed by atoms with Crippen molar-refractivity contribution < 1.29 is 0 Å². The topological polar surface area (TPSA) is 62.7 Å². The Hall–Kier alpha value is -1.69. The number of nitrogens with zero attached hydrogens (tertiary/aromatic N) is 3. The normalized spacial score (nSPS) is 10.5. The van der Waals surface area contributed by atoms with Gasteiger partial charge in [0.1, 0.15) is 22.5 Å². The summed E-state index contributed by atoms with van der Waals surface area (Å²) < 4.78 is 0. The van der Waals surface area contributed by atoms with Gasteiger partial charge < -0.3 is 10.6 Å². The molecule has 19 heavy (non-hydrogen) atoms. The van der Waals surface area contributed by atoms with Gasteiger partial charge in [0, 0.05) is 30.1 Å². The number of hydrogen-bond acceptors (Lipinski definition) is 6. The van der Waals surface area contributed by atoms with Crippen LogP contribution in [0.25, 0.3) is 0 Å². The SMILES string of the molecule is CCNc1cc(NCc2ncc(C)s2)nc(CC)n1. The van der Waals surface area contributed by atoms with E-state index in [-0.39, 0.29) is 0 Å². The molecule has 0 bridgehead atoms. The molecule has 0 saturated carbocycles. The molecular formula is C13H19N5S. The first kappa shape index (κ1) is 13.7. The summed E-state index contributed by atoms with van der Waals surface area (Å²) in [4.78, 5) is 14.4. The van der Waals surface area contributed by atoms with Crippen LogP contribution in [-0.4, -0.2) is 21.5 Å². The van der Waals surface area contributed by atoms with Crippen LogP contribution in [0.4, 0.5) is 11.6 Å². The molecule has 0 aliphatic carbocycles. The highest BCUT2D eigenvalue weighted by Gasteiger charge is 2.04. The minimum Gasteiger partial charge on any atom is -0.370 e. The number of aryl methyl sites for hydroxylation is 2. The molecule has 6 heteroatoms. The van der Waals surface area contributed by atoms with Crippen molar-refractivity contribution in [2.45, 2.75) is 33.7 Å². The maximum atomic E-state index is 4.47. The van der Waals surface area contributed by atoms with Crippen LogP contribution in [0, 0.1) is 6.92 Å². The van der Waals surface area contributed by atoms with Gasteiger partial charge in [-0.1, -0.05) is 6.92 Å². The van der Waals surface area contributed by atoms with E-state index < -0.39 is 0 Å². The van der Waals surface area contributed by atoms with E-state index in [2.05, 4.69) is 46.4 Å². The number of rotatable bonds is 6. The molecule has 0 atom stereocenters. The number of thiazole rings is 1. The van der Waals surface area contributed by atoms with E-state index in [1.165, 1.54) is 4.88 Å². The van der Waals surface area contributed by atoms with E-state index in [4.69, 9.17) is 0 Å². The Morgan fingerprint density at radius 1 is 1.16 bits per heavy atom. The largest absolute Gasteiger partial charge is 0.370 e.